The Kier molecular flexibility index (Phi) is 7.26. The second-order valence-corrected chi connectivity index (χ2v) is 10.3. The molecule has 1 aromatic carbocycles. The van der Waals surface area contributed by atoms with Gasteiger partial charge in [0, 0.05) is 32.2 Å². The van der Waals surface area contributed by atoms with E-state index in [0.29, 0.717) is 31.2 Å². The molecule has 1 atom stereocenters. The average Bonchev–Trinajstić information content (AvgIpc) is 2.70. The maximum atomic E-state index is 12.9. The lowest BCUT2D eigenvalue weighted by Gasteiger charge is -2.37. The second kappa shape index (κ2) is 9.30. The van der Waals surface area contributed by atoms with Gasteiger partial charge in [0.15, 0.2) is 0 Å². The first-order valence-electron chi connectivity index (χ1n) is 9.78. The summed E-state index contributed by atoms with van der Waals surface area (Å²) in [6.07, 6.45) is 5.69. The Morgan fingerprint density at radius 3 is 2.32 bits per heavy atom. The van der Waals surface area contributed by atoms with Gasteiger partial charge < -0.3 is 5.32 Å². The Morgan fingerprint density at radius 2 is 1.71 bits per heavy atom. The largest absolute Gasteiger partial charge is 0.352 e. The fourth-order valence-electron chi connectivity index (χ4n) is 3.85. The highest BCUT2D eigenvalue weighted by Crippen LogP contribution is 2.27. The first kappa shape index (κ1) is 21.8. The number of sulfonamides is 1. The molecule has 156 valence electrons. The number of piperazine rings is 1. The summed E-state index contributed by atoms with van der Waals surface area (Å²) in [5.41, 5.74) is 0. The predicted octanol–water partition coefficient (Wildman–Crippen LogP) is 3.14. The molecule has 1 amide bonds. The van der Waals surface area contributed by atoms with Crippen molar-refractivity contribution in [1.82, 2.24) is 14.5 Å². The third-order valence-electron chi connectivity index (χ3n) is 5.68. The van der Waals surface area contributed by atoms with Crippen LogP contribution in [0.5, 0.6) is 0 Å². The van der Waals surface area contributed by atoms with Gasteiger partial charge in [0.2, 0.25) is 15.9 Å². The lowest BCUT2D eigenvalue weighted by molar-refractivity contribution is -0.127. The maximum absolute atomic E-state index is 12.9. The van der Waals surface area contributed by atoms with Crippen LogP contribution in [0.1, 0.15) is 39.0 Å². The molecule has 2 aliphatic rings. The van der Waals surface area contributed by atoms with Crippen molar-refractivity contribution in [1.29, 1.82) is 0 Å². The van der Waals surface area contributed by atoms with Crippen molar-refractivity contribution in [3.63, 3.8) is 0 Å². The summed E-state index contributed by atoms with van der Waals surface area (Å²) in [6.45, 7) is 3.59. The number of halogens is 2. The molecule has 1 aliphatic heterocycles. The van der Waals surface area contributed by atoms with Crippen LogP contribution < -0.4 is 5.32 Å². The van der Waals surface area contributed by atoms with Crippen molar-refractivity contribution in [2.24, 2.45) is 0 Å². The number of amides is 1. The molecule has 0 radical (unpaired) electrons. The van der Waals surface area contributed by atoms with E-state index in [0.717, 1.165) is 12.8 Å². The van der Waals surface area contributed by atoms with E-state index in [1.165, 1.54) is 41.8 Å². The third-order valence-corrected chi connectivity index (χ3v) is 8.31. The molecule has 1 heterocycles. The first-order chi connectivity index (χ1) is 13.3. The molecule has 1 aliphatic carbocycles. The zero-order valence-corrected chi connectivity index (χ0v) is 18.4. The minimum Gasteiger partial charge on any atom is -0.352 e. The van der Waals surface area contributed by atoms with Gasteiger partial charge in [0.05, 0.1) is 21.0 Å². The predicted molar refractivity (Wildman–Crippen MR) is 111 cm³/mol. The van der Waals surface area contributed by atoms with Crippen LogP contribution in [-0.2, 0) is 14.8 Å². The van der Waals surface area contributed by atoms with Gasteiger partial charge in [-0.2, -0.15) is 4.31 Å². The molecule has 0 bridgehead atoms. The van der Waals surface area contributed by atoms with Gasteiger partial charge in [0.25, 0.3) is 0 Å². The van der Waals surface area contributed by atoms with Crippen molar-refractivity contribution in [3.8, 4) is 0 Å². The van der Waals surface area contributed by atoms with Gasteiger partial charge in [-0.05, 0) is 38.0 Å². The van der Waals surface area contributed by atoms with Crippen molar-refractivity contribution in [3.05, 3.63) is 28.2 Å². The van der Waals surface area contributed by atoms with Gasteiger partial charge in [-0.25, -0.2) is 8.42 Å². The summed E-state index contributed by atoms with van der Waals surface area (Å²) >= 11 is 11.9. The molecule has 2 fully saturated rings. The molecule has 0 unspecified atom stereocenters. The van der Waals surface area contributed by atoms with Gasteiger partial charge >= 0.3 is 0 Å². The summed E-state index contributed by atoms with van der Waals surface area (Å²) in [5, 5.41) is 3.69. The number of rotatable bonds is 5. The standard InChI is InChI=1S/C19H27Cl2N3O3S/c1-14(19(25)22-15-5-3-2-4-6-15)23-9-11-24(12-10-23)28(26,27)16-7-8-17(20)18(21)13-16/h7-8,13-15H,2-6,9-12H2,1H3,(H,22,25)/t14-/m1/s1. The Balaban J connectivity index is 1.57. The molecule has 1 saturated carbocycles. The van der Waals surface area contributed by atoms with Crippen LogP contribution in [0.15, 0.2) is 23.1 Å². The average molecular weight is 448 g/mol. The van der Waals surface area contributed by atoms with E-state index < -0.39 is 10.0 Å². The molecule has 1 saturated heterocycles. The number of benzene rings is 1. The highest BCUT2D eigenvalue weighted by atomic mass is 35.5. The number of hydrogen-bond acceptors (Lipinski definition) is 4. The lowest BCUT2D eigenvalue weighted by atomic mass is 9.95. The molecular formula is C19H27Cl2N3O3S. The van der Waals surface area contributed by atoms with Gasteiger partial charge in [-0.1, -0.05) is 42.5 Å². The zero-order valence-electron chi connectivity index (χ0n) is 16.0. The second-order valence-electron chi connectivity index (χ2n) is 7.54. The Morgan fingerprint density at radius 1 is 1.07 bits per heavy atom. The van der Waals surface area contributed by atoms with Crippen LogP contribution in [0, 0.1) is 0 Å². The maximum Gasteiger partial charge on any atom is 0.243 e. The van der Waals surface area contributed by atoms with E-state index in [1.807, 2.05) is 11.8 Å². The monoisotopic (exact) mass is 447 g/mol. The summed E-state index contributed by atoms with van der Waals surface area (Å²) in [7, 11) is -3.63. The van der Waals surface area contributed by atoms with Crippen molar-refractivity contribution < 1.29 is 13.2 Å². The molecular weight excluding hydrogens is 421 g/mol. The molecule has 9 heteroatoms. The number of hydrogen-bond donors (Lipinski definition) is 1. The van der Waals surface area contributed by atoms with Crippen molar-refractivity contribution in [2.75, 3.05) is 26.2 Å². The lowest BCUT2D eigenvalue weighted by Crippen LogP contribution is -2.55. The quantitative estimate of drug-likeness (QED) is 0.752. The Bertz CT molecular complexity index is 805. The van der Waals surface area contributed by atoms with E-state index in [-0.39, 0.29) is 27.9 Å². The molecule has 1 N–H and O–H groups in total. The zero-order chi connectivity index (χ0) is 20.3. The summed E-state index contributed by atoms with van der Waals surface area (Å²) in [4.78, 5) is 14.7. The van der Waals surface area contributed by atoms with Crippen LogP contribution in [-0.4, -0.2) is 61.8 Å². The fraction of sp³-hybridized carbons (Fsp3) is 0.632. The fourth-order valence-corrected chi connectivity index (χ4v) is 5.66. The van der Waals surface area contributed by atoms with E-state index in [9.17, 15) is 13.2 Å². The van der Waals surface area contributed by atoms with Crippen LogP contribution in [0.2, 0.25) is 10.0 Å². The third kappa shape index (κ3) is 5.00. The normalized spacial score (nSPS) is 21.4. The topological polar surface area (TPSA) is 69.7 Å². The van der Waals surface area contributed by atoms with E-state index >= 15 is 0 Å². The smallest absolute Gasteiger partial charge is 0.243 e. The number of nitrogens with zero attached hydrogens (tertiary/aromatic N) is 2. The van der Waals surface area contributed by atoms with Crippen LogP contribution in [0.4, 0.5) is 0 Å². The first-order valence-corrected chi connectivity index (χ1v) is 12.0. The van der Waals surface area contributed by atoms with Gasteiger partial charge in [0.1, 0.15) is 0 Å². The highest BCUT2D eigenvalue weighted by Gasteiger charge is 2.32. The van der Waals surface area contributed by atoms with Crippen molar-refractivity contribution in [2.45, 2.75) is 56.0 Å². The number of carbonyl (C=O) groups is 1. The van der Waals surface area contributed by atoms with E-state index in [4.69, 9.17) is 23.2 Å². The SMILES string of the molecule is C[C@H](C(=O)NC1CCCCC1)N1CCN(S(=O)(=O)c2ccc(Cl)c(Cl)c2)CC1. The van der Waals surface area contributed by atoms with Crippen molar-refractivity contribution >= 4 is 39.1 Å². The molecule has 6 nitrogen and oxygen atoms in total. The van der Waals surface area contributed by atoms with Crippen LogP contribution in [0.25, 0.3) is 0 Å². The van der Waals surface area contributed by atoms with Gasteiger partial charge in [-0.3, -0.25) is 9.69 Å². The minimum atomic E-state index is -3.63. The van der Waals surface area contributed by atoms with Gasteiger partial charge in [-0.15, -0.1) is 0 Å². The highest BCUT2D eigenvalue weighted by molar-refractivity contribution is 7.89. The molecule has 28 heavy (non-hydrogen) atoms. The molecule has 1 aromatic rings. The Labute approximate surface area is 177 Å². The molecule has 3 rings (SSSR count). The minimum absolute atomic E-state index is 0.0349. The molecule has 0 aromatic heterocycles. The summed E-state index contributed by atoms with van der Waals surface area (Å²) < 4.78 is 27.1. The summed E-state index contributed by atoms with van der Waals surface area (Å²) in [6, 6.07) is 4.35. The van der Waals surface area contributed by atoms with E-state index in [1.54, 1.807) is 0 Å². The van der Waals surface area contributed by atoms with Crippen LogP contribution in [0.3, 0.4) is 0 Å². The number of carbonyl (C=O) groups excluding carboxylic acids is 1. The van der Waals surface area contributed by atoms with E-state index in [2.05, 4.69) is 5.32 Å². The Hall–Kier alpha value is -0.860. The number of nitrogens with one attached hydrogen (secondary N) is 1. The molecule has 0 spiro atoms. The summed E-state index contributed by atoms with van der Waals surface area (Å²) in [5.74, 6) is 0.0349. The van der Waals surface area contributed by atoms with Crippen LogP contribution >= 0.6 is 23.2 Å².